The van der Waals surface area contributed by atoms with E-state index in [4.69, 9.17) is 0 Å². The summed E-state index contributed by atoms with van der Waals surface area (Å²) in [4.78, 5) is 12.1. The van der Waals surface area contributed by atoms with E-state index in [9.17, 15) is 4.79 Å². The lowest BCUT2D eigenvalue weighted by atomic mass is 10.1. The van der Waals surface area contributed by atoms with Gasteiger partial charge < -0.3 is 10.6 Å². The van der Waals surface area contributed by atoms with Gasteiger partial charge in [0.15, 0.2) is 0 Å². The van der Waals surface area contributed by atoms with Crippen molar-refractivity contribution in [2.45, 2.75) is 40.2 Å². The fourth-order valence-corrected chi connectivity index (χ4v) is 2.66. The molecule has 0 radical (unpaired) electrons. The summed E-state index contributed by atoms with van der Waals surface area (Å²) in [6.45, 7) is 7.69. The second-order valence-electron chi connectivity index (χ2n) is 5.93. The van der Waals surface area contributed by atoms with Crippen molar-refractivity contribution < 1.29 is 4.79 Å². The molecule has 0 aliphatic heterocycles. The highest BCUT2D eigenvalue weighted by Gasteiger charge is 2.08. The van der Waals surface area contributed by atoms with E-state index in [1.165, 1.54) is 16.7 Å². The van der Waals surface area contributed by atoms with E-state index in [2.05, 4.69) is 54.8 Å². The molecule has 2 aromatic carbocycles. The highest BCUT2D eigenvalue weighted by molar-refractivity contribution is 5.92. The monoisotopic (exact) mass is 310 g/mol. The second-order valence-corrected chi connectivity index (χ2v) is 5.93. The Bertz CT molecular complexity index is 664. The van der Waals surface area contributed by atoms with Crippen LogP contribution >= 0.6 is 0 Å². The number of hydrogen-bond donors (Lipinski definition) is 2. The van der Waals surface area contributed by atoms with Crippen molar-refractivity contribution in [3.8, 4) is 0 Å². The number of amides is 1. The molecule has 122 valence electrons. The molecular formula is C20H26N2O. The smallest absolute Gasteiger partial charge is 0.225 e. The molecular weight excluding hydrogens is 284 g/mol. The molecule has 23 heavy (non-hydrogen) atoms. The molecule has 0 spiro atoms. The molecule has 0 aromatic heterocycles. The Morgan fingerprint density at radius 1 is 1.09 bits per heavy atom. The lowest BCUT2D eigenvalue weighted by Crippen LogP contribution is -2.22. The van der Waals surface area contributed by atoms with Crippen molar-refractivity contribution in [3.05, 3.63) is 64.7 Å². The molecule has 0 heterocycles. The predicted molar refractivity (Wildman–Crippen MR) is 96.7 cm³/mol. The summed E-state index contributed by atoms with van der Waals surface area (Å²) in [6.07, 6.45) is 1.40. The Hall–Kier alpha value is -2.13. The summed E-state index contributed by atoms with van der Waals surface area (Å²) >= 11 is 0. The van der Waals surface area contributed by atoms with Crippen LogP contribution in [0.3, 0.4) is 0 Å². The van der Waals surface area contributed by atoms with E-state index in [-0.39, 0.29) is 5.91 Å². The van der Waals surface area contributed by atoms with Gasteiger partial charge in [0.1, 0.15) is 0 Å². The number of carbonyl (C=O) groups is 1. The molecule has 3 heteroatoms. The van der Waals surface area contributed by atoms with E-state index < -0.39 is 0 Å². The van der Waals surface area contributed by atoms with Crippen molar-refractivity contribution in [1.29, 1.82) is 0 Å². The zero-order valence-electron chi connectivity index (χ0n) is 14.3. The summed E-state index contributed by atoms with van der Waals surface area (Å²) in [6, 6.07) is 14.5. The average molecular weight is 310 g/mol. The Kier molecular flexibility index (Phi) is 6.36. The molecule has 0 bridgehead atoms. The zero-order chi connectivity index (χ0) is 16.7. The normalized spacial score (nSPS) is 10.6. The minimum absolute atomic E-state index is 0.0609. The van der Waals surface area contributed by atoms with Crippen LogP contribution < -0.4 is 10.6 Å². The molecule has 0 aliphatic rings. The van der Waals surface area contributed by atoms with Gasteiger partial charge in [-0.25, -0.2) is 0 Å². The molecule has 3 nitrogen and oxygen atoms in total. The minimum Gasteiger partial charge on any atom is -0.326 e. The lowest BCUT2D eigenvalue weighted by molar-refractivity contribution is -0.116. The topological polar surface area (TPSA) is 41.1 Å². The van der Waals surface area contributed by atoms with E-state index in [0.717, 1.165) is 24.2 Å². The van der Waals surface area contributed by atoms with E-state index in [1.807, 2.05) is 19.1 Å². The van der Waals surface area contributed by atoms with Gasteiger partial charge in [-0.05, 0) is 37.0 Å². The van der Waals surface area contributed by atoms with Crippen molar-refractivity contribution in [3.63, 3.8) is 0 Å². The SMILES string of the molecule is CCc1cccc(C)c1NC(=O)CCNCc1cccc(C)c1. The van der Waals surface area contributed by atoms with Gasteiger partial charge >= 0.3 is 0 Å². The number of carbonyl (C=O) groups excluding carboxylic acids is 1. The van der Waals surface area contributed by atoms with Gasteiger partial charge in [-0.2, -0.15) is 0 Å². The summed E-state index contributed by atoms with van der Waals surface area (Å²) in [5.74, 6) is 0.0609. The van der Waals surface area contributed by atoms with Crippen molar-refractivity contribution in [2.24, 2.45) is 0 Å². The maximum atomic E-state index is 12.1. The number of anilines is 1. The van der Waals surface area contributed by atoms with Crippen LogP contribution in [0.2, 0.25) is 0 Å². The summed E-state index contributed by atoms with van der Waals surface area (Å²) < 4.78 is 0. The number of hydrogen-bond acceptors (Lipinski definition) is 2. The van der Waals surface area contributed by atoms with Crippen molar-refractivity contribution >= 4 is 11.6 Å². The molecule has 2 N–H and O–H groups in total. The maximum Gasteiger partial charge on any atom is 0.225 e. The van der Waals surface area contributed by atoms with Crippen LogP contribution in [0.1, 0.15) is 35.6 Å². The molecule has 0 fully saturated rings. The van der Waals surface area contributed by atoms with E-state index in [0.29, 0.717) is 13.0 Å². The zero-order valence-corrected chi connectivity index (χ0v) is 14.3. The second kappa shape index (κ2) is 8.49. The first kappa shape index (κ1) is 17.2. The van der Waals surface area contributed by atoms with Crippen molar-refractivity contribution in [2.75, 3.05) is 11.9 Å². The van der Waals surface area contributed by atoms with Gasteiger partial charge in [-0.3, -0.25) is 4.79 Å². The quantitative estimate of drug-likeness (QED) is 0.759. The van der Waals surface area contributed by atoms with Crippen LogP contribution in [-0.2, 0) is 17.8 Å². The maximum absolute atomic E-state index is 12.1. The number of rotatable bonds is 7. The van der Waals surface area contributed by atoms with Crippen LogP contribution in [-0.4, -0.2) is 12.5 Å². The third kappa shape index (κ3) is 5.22. The van der Waals surface area contributed by atoms with Crippen LogP contribution in [0, 0.1) is 13.8 Å². The van der Waals surface area contributed by atoms with Gasteiger partial charge in [0, 0.05) is 25.2 Å². The van der Waals surface area contributed by atoms with Gasteiger partial charge in [0.05, 0.1) is 0 Å². The van der Waals surface area contributed by atoms with Gasteiger partial charge in [0.25, 0.3) is 0 Å². The Morgan fingerprint density at radius 2 is 1.87 bits per heavy atom. The van der Waals surface area contributed by atoms with Gasteiger partial charge in [-0.15, -0.1) is 0 Å². The molecule has 2 rings (SSSR count). The Balaban J connectivity index is 1.80. The number of aryl methyl sites for hydroxylation is 3. The molecule has 0 saturated heterocycles. The predicted octanol–water partition coefficient (Wildman–Crippen LogP) is 3.98. The standard InChI is InChI=1S/C20H26N2O/c1-4-18-10-6-8-16(3)20(18)22-19(23)11-12-21-14-17-9-5-7-15(2)13-17/h5-10,13,21H,4,11-12,14H2,1-3H3,(H,22,23). The summed E-state index contributed by atoms with van der Waals surface area (Å²) in [7, 11) is 0. The number of nitrogens with one attached hydrogen (secondary N) is 2. The van der Waals surface area contributed by atoms with Crippen LogP contribution in [0.4, 0.5) is 5.69 Å². The first-order valence-electron chi connectivity index (χ1n) is 8.24. The third-order valence-corrected chi connectivity index (χ3v) is 3.94. The van der Waals surface area contributed by atoms with E-state index in [1.54, 1.807) is 0 Å². The highest BCUT2D eigenvalue weighted by Crippen LogP contribution is 2.21. The fraction of sp³-hybridized carbons (Fsp3) is 0.350. The Morgan fingerprint density at radius 3 is 2.61 bits per heavy atom. The molecule has 2 aromatic rings. The minimum atomic E-state index is 0.0609. The number of para-hydroxylation sites is 1. The van der Waals surface area contributed by atoms with Crippen LogP contribution in [0.5, 0.6) is 0 Å². The van der Waals surface area contributed by atoms with Crippen molar-refractivity contribution in [1.82, 2.24) is 5.32 Å². The van der Waals surface area contributed by atoms with Crippen LogP contribution in [0.15, 0.2) is 42.5 Å². The van der Waals surface area contributed by atoms with Gasteiger partial charge in [0.2, 0.25) is 5.91 Å². The first-order valence-corrected chi connectivity index (χ1v) is 8.24. The lowest BCUT2D eigenvalue weighted by Gasteiger charge is -2.13. The molecule has 1 amide bonds. The largest absolute Gasteiger partial charge is 0.326 e. The highest BCUT2D eigenvalue weighted by atomic mass is 16.1. The summed E-state index contributed by atoms with van der Waals surface area (Å²) in [5, 5.41) is 6.39. The fourth-order valence-electron chi connectivity index (χ4n) is 2.66. The summed E-state index contributed by atoms with van der Waals surface area (Å²) in [5.41, 5.74) is 5.78. The molecule has 0 unspecified atom stereocenters. The molecule has 0 saturated carbocycles. The first-order chi connectivity index (χ1) is 11.1. The molecule has 0 aliphatic carbocycles. The number of benzene rings is 2. The molecule has 0 atom stereocenters. The average Bonchev–Trinajstić information content (AvgIpc) is 2.53. The van der Waals surface area contributed by atoms with Gasteiger partial charge in [-0.1, -0.05) is 55.0 Å². The third-order valence-electron chi connectivity index (χ3n) is 3.94. The van der Waals surface area contributed by atoms with Crippen LogP contribution in [0.25, 0.3) is 0 Å². The van der Waals surface area contributed by atoms with E-state index >= 15 is 0 Å². The Labute approximate surface area is 139 Å².